The molecule has 0 bridgehead atoms. The Morgan fingerprint density at radius 3 is 2.90 bits per heavy atom. The number of para-hydroxylation sites is 1. The van der Waals surface area contributed by atoms with Crippen molar-refractivity contribution in [2.75, 3.05) is 12.1 Å². The maximum absolute atomic E-state index is 12.5. The number of alkyl halides is 3. The summed E-state index contributed by atoms with van der Waals surface area (Å²) < 4.78 is 47.9. The van der Waals surface area contributed by atoms with Crippen LogP contribution in [-0.4, -0.2) is 11.8 Å². The van der Waals surface area contributed by atoms with Crippen LogP contribution in [-0.2, 0) is 12.7 Å². The molecule has 106 valence electrons. The third-order valence-corrected chi connectivity index (χ3v) is 3.69. The Morgan fingerprint density at radius 1 is 1.30 bits per heavy atom. The predicted molar refractivity (Wildman–Crippen MR) is 67.0 cm³/mol. The molecule has 0 spiro atoms. The van der Waals surface area contributed by atoms with Crippen molar-refractivity contribution in [3.63, 3.8) is 0 Å². The van der Waals surface area contributed by atoms with E-state index >= 15 is 0 Å². The lowest BCUT2D eigenvalue weighted by Crippen LogP contribution is -2.01. The first-order valence-electron chi connectivity index (χ1n) is 5.68. The van der Waals surface area contributed by atoms with Crippen molar-refractivity contribution in [2.24, 2.45) is 0 Å². The molecule has 1 N–H and O–H groups in total. The zero-order valence-electron chi connectivity index (χ0n) is 10.0. The van der Waals surface area contributed by atoms with E-state index in [2.05, 4.69) is 10.3 Å². The number of halogens is 3. The first kappa shape index (κ1) is 13.0. The van der Waals surface area contributed by atoms with Gasteiger partial charge in [0.25, 0.3) is 0 Å². The predicted octanol–water partition coefficient (Wildman–Crippen LogP) is 3.50. The minimum absolute atomic E-state index is 0.155. The van der Waals surface area contributed by atoms with Gasteiger partial charge in [-0.2, -0.15) is 13.2 Å². The molecule has 1 aromatic heterocycles. The fraction of sp³-hybridized carbons (Fsp3) is 0.250. The number of hydrogen-bond acceptors (Lipinski definition) is 5. The number of anilines is 1. The van der Waals surface area contributed by atoms with Gasteiger partial charge in [-0.05, 0) is 6.07 Å². The van der Waals surface area contributed by atoms with Crippen molar-refractivity contribution in [1.82, 2.24) is 4.98 Å². The number of ether oxygens (including phenoxy) is 2. The third kappa shape index (κ3) is 2.51. The molecule has 0 fully saturated rings. The Labute approximate surface area is 116 Å². The second-order valence-corrected chi connectivity index (χ2v) is 5.06. The van der Waals surface area contributed by atoms with E-state index in [4.69, 9.17) is 9.47 Å². The van der Waals surface area contributed by atoms with Crippen LogP contribution < -0.4 is 14.8 Å². The Bertz CT molecular complexity index is 627. The van der Waals surface area contributed by atoms with Crippen LogP contribution >= 0.6 is 11.3 Å². The van der Waals surface area contributed by atoms with Crippen LogP contribution in [0.5, 0.6) is 11.5 Å². The number of aromatic nitrogens is 1. The van der Waals surface area contributed by atoms with E-state index < -0.39 is 11.1 Å². The molecule has 1 aliphatic rings. The maximum Gasteiger partial charge on any atom is 0.427 e. The molecule has 20 heavy (non-hydrogen) atoms. The van der Waals surface area contributed by atoms with E-state index in [9.17, 15) is 13.2 Å². The Morgan fingerprint density at radius 2 is 2.15 bits per heavy atom. The molecule has 0 radical (unpaired) electrons. The average Bonchev–Trinajstić information content (AvgIpc) is 3.04. The Balaban J connectivity index is 1.71. The quantitative estimate of drug-likeness (QED) is 0.942. The molecule has 2 aromatic rings. The standard InChI is InChI=1S/C12H9F3N2O2S/c13-12(14,15)9-5-17-11(20-9)16-4-7-2-1-3-8-10(7)19-6-18-8/h1-3,5H,4,6H2,(H,16,17). The number of nitrogens with zero attached hydrogens (tertiary/aromatic N) is 1. The van der Waals surface area contributed by atoms with Gasteiger partial charge in [0.2, 0.25) is 6.79 Å². The highest BCUT2D eigenvalue weighted by molar-refractivity contribution is 7.15. The number of hydrogen-bond donors (Lipinski definition) is 1. The second-order valence-electron chi connectivity index (χ2n) is 4.03. The van der Waals surface area contributed by atoms with E-state index in [0.717, 1.165) is 11.8 Å². The molecule has 8 heteroatoms. The molecule has 0 aliphatic carbocycles. The summed E-state index contributed by atoms with van der Waals surface area (Å²) in [6.07, 6.45) is -3.54. The topological polar surface area (TPSA) is 43.4 Å². The summed E-state index contributed by atoms with van der Waals surface area (Å²) in [5.41, 5.74) is 0.809. The summed E-state index contributed by atoms with van der Waals surface area (Å²) >= 11 is 0.573. The molecule has 0 atom stereocenters. The summed E-state index contributed by atoms with van der Waals surface area (Å²) in [5.74, 6) is 1.26. The SMILES string of the molecule is FC(F)(F)c1cnc(NCc2cccc3c2OCO3)s1. The summed E-state index contributed by atoms with van der Waals surface area (Å²) in [6.45, 7) is 0.471. The van der Waals surface area contributed by atoms with E-state index in [-0.39, 0.29) is 11.9 Å². The van der Waals surface area contributed by atoms with Crippen molar-refractivity contribution in [1.29, 1.82) is 0 Å². The largest absolute Gasteiger partial charge is 0.454 e. The number of benzene rings is 1. The molecular weight excluding hydrogens is 293 g/mol. The van der Waals surface area contributed by atoms with Crippen molar-refractivity contribution in [2.45, 2.75) is 12.7 Å². The number of fused-ring (bicyclic) bond motifs is 1. The number of thiazole rings is 1. The minimum Gasteiger partial charge on any atom is -0.454 e. The number of rotatable bonds is 3. The average molecular weight is 302 g/mol. The fourth-order valence-corrected chi connectivity index (χ4v) is 2.47. The summed E-state index contributed by atoms with van der Waals surface area (Å²) in [7, 11) is 0. The maximum atomic E-state index is 12.5. The lowest BCUT2D eigenvalue weighted by atomic mass is 10.2. The van der Waals surface area contributed by atoms with E-state index in [1.807, 2.05) is 6.07 Å². The smallest absolute Gasteiger partial charge is 0.427 e. The first-order valence-corrected chi connectivity index (χ1v) is 6.50. The van der Waals surface area contributed by atoms with Gasteiger partial charge in [-0.25, -0.2) is 4.98 Å². The van der Waals surface area contributed by atoms with Crippen LogP contribution in [0.25, 0.3) is 0 Å². The molecule has 0 unspecified atom stereocenters. The molecule has 0 amide bonds. The minimum atomic E-state index is -4.36. The highest BCUT2D eigenvalue weighted by Crippen LogP contribution is 2.37. The van der Waals surface area contributed by atoms with Crippen molar-refractivity contribution in [3.8, 4) is 11.5 Å². The summed E-state index contributed by atoms with van der Waals surface area (Å²) in [6, 6.07) is 5.39. The van der Waals surface area contributed by atoms with E-state index in [1.165, 1.54) is 0 Å². The Hall–Kier alpha value is -1.96. The van der Waals surface area contributed by atoms with Gasteiger partial charge in [-0.3, -0.25) is 0 Å². The normalized spacial score (nSPS) is 13.6. The summed E-state index contributed by atoms with van der Waals surface area (Å²) in [4.78, 5) is 2.98. The van der Waals surface area contributed by atoms with Gasteiger partial charge in [0.1, 0.15) is 4.88 Å². The highest BCUT2D eigenvalue weighted by atomic mass is 32.1. The molecule has 4 nitrogen and oxygen atoms in total. The van der Waals surface area contributed by atoms with Gasteiger partial charge in [-0.1, -0.05) is 23.5 Å². The van der Waals surface area contributed by atoms with E-state index in [0.29, 0.717) is 29.4 Å². The van der Waals surface area contributed by atoms with Crippen molar-refractivity contribution in [3.05, 3.63) is 34.8 Å². The molecule has 2 heterocycles. The van der Waals surface area contributed by atoms with Gasteiger partial charge >= 0.3 is 6.18 Å². The van der Waals surface area contributed by atoms with Crippen LogP contribution in [0.3, 0.4) is 0 Å². The van der Waals surface area contributed by atoms with Crippen LogP contribution in [0.4, 0.5) is 18.3 Å². The monoisotopic (exact) mass is 302 g/mol. The van der Waals surface area contributed by atoms with Crippen molar-refractivity contribution >= 4 is 16.5 Å². The van der Waals surface area contributed by atoms with Crippen LogP contribution in [0.2, 0.25) is 0 Å². The molecule has 1 aliphatic heterocycles. The fourth-order valence-electron chi connectivity index (χ4n) is 1.79. The van der Waals surface area contributed by atoms with Gasteiger partial charge < -0.3 is 14.8 Å². The Kier molecular flexibility index (Phi) is 3.17. The third-order valence-electron chi connectivity index (χ3n) is 2.69. The molecule has 0 saturated carbocycles. The van der Waals surface area contributed by atoms with Crippen LogP contribution in [0.15, 0.2) is 24.4 Å². The molecular formula is C12H9F3N2O2S. The highest BCUT2D eigenvalue weighted by Gasteiger charge is 2.33. The summed E-state index contributed by atoms with van der Waals surface area (Å²) in [5, 5.41) is 3.07. The van der Waals surface area contributed by atoms with Crippen LogP contribution in [0, 0.1) is 0 Å². The lowest BCUT2D eigenvalue weighted by Gasteiger charge is -2.06. The molecule has 0 saturated heterocycles. The number of nitrogens with one attached hydrogen (secondary N) is 1. The van der Waals surface area contributed by atoms with Gasteiger partial charge in [0.05, 0.1) is 6.20 Å². The first-order chi connectivity index (χ1) is 9.54. The van der Waals surface area contributed by atoms with Gasteiger partial charge in [-0.15, -0.1) is 0 Å². The zero-order valence-corrected chi connectivity index (χ0v) is 10.8. The van der Waals surface area contributed by atoms with Gasteiger partial charge in [0, 0.05) is 12.1 Å². The van der Waals surface area contributed by atoms with Crippen molar-refractivity contribution < 1.29 is 22.6 Å². The van der Waals surface area contributed by atoms with Crippen LogP contribution in [0.1, 0.15) is 10.4 Å². The molecule has 3 rings (SSSR count). The zero-order chi connectivity index (χ0) is 14.2. The van der Waals surface area contributed by atoms with Gasteiger partial charge in [0.15, 0.2) is 16.6 Å². The van der Waals surface area contributed by atoms with E-state index in [1.54, 1.807) is 12.1 Å². The second kappa shape index (κ2) is 4.86. The molecule has 1 aromatic carbocycles. The lowest BCUT2D eigenvalue weighted by molar-refractivity contribution is -0.134.